The topological polar surface area (TPSA) is 124 Å². The van der Waals surface area contributed by atoms with Crippen LogP contribution in [0, 0.1) is 24.3 Å². The summed E-state index contributed by atoms with van der Waals surface area (Å²) in [6.07, 6.45) is 0. The van der Waals surface area contributed by atoms with Crippen molar-refractivity contribution in [1.82, 2.24) is 4.90 Å². The first-order valence-electron chi connectivity index (χ1n) is 6.99. The van der Waals surface area contributed by atoms with Gasteiger partial charge in [0.2, 0.25) is 5.91 Å². The molecule has 0 unspecified atom stereocenters. The zero-order chi connectivity index (χ0) is 19.7. The Bertz CT molecular complexity index is 652. The van der Waals surface area contributed by atoms with E-state index in [2.05, 4.69) is 27.9 Å². The summed E-state index contributed by atoms with van der Waals surface area (Å²) in [7, 11) is 0. The molecule has 3 N–H and O–H groups in total. The van der Waals surface area contributed by atoms with Crippen molar-refractivity contribution in [1.29, 1.82) is 0 Å². The molecule has 0 saturated carbocycles. The summed E-state index contributed by atoms with van der Waals surface area (Å²) in [4.78, 5) is 34.7. The van der Waals surface area contributed by atoms with Crippen molar-refractivity contribution < 1.29 is 47.0 Å². The zero-order valence-electron chi connectivity index (χ0n) is 13.9. The van der Waals surface area contributed by atoms with Crippen LogP contribution in [0.25, 0.3) is 0 Å². The first kappa shape index (κ1) is 23.8. The Labute approximate surface area is 169 Å². The third-order valence-corrected chi connectivity index (χ3v) is 4.89. The van der Waals surface area contributed by atoms with E-state index in [1.54, 1.807) is 0 Å². The van der Waals surface area contributed by atoms with Crippen LogP contribution in [-0.4, -0.2) is 52.6 Å². The number of rotatable bonds is 7. The molecule has 10 heteroatoms. The van der Waals surface area contributed by atoms with Gasteiger partial charge in [-0.3, -0.25) is 19.3 Å². The number of carboxylic acids is 2. The Hall–Kier alpha value is -1.23. The standard InChI is InChI=1S/C15H19IN2O5.O.Tc/c1-8-4-9(2)15(10(3)14(8)16)17-11(19)5-18(6-12(20)21)7-13(22)23;;/h4H,5-7H2,1-3H3,(H,17,19)(H,20,21)(H,22,23);;/i;;1+1. The van der Waals surface area contributed by atoms with Crippen molar-refractivity contribution in [2.45, 2.75) is 20.8 Å². The maximum atomic E-state index is 12.1. The van der Waals surface area contributed by atoms with Gasteiger partial charge in [0, 0.05) is 9.26 Å². The molecular formula is C15H19IN2O6Tc. The molecule has 1 aromatic carbocycles. The molecule has 25 heavy (non-hydrogen) atoms. The number of anilines is 1. The molecule has 8 nitrogen and oxygen atoms in total. The average Bonchev–Trinajstić information content (AvgIpc) is 2.50. The summed E-state index contributed by atoms with van der Waals surface area (Å²) < 4.78 is 9.26. The van der Waals surface area contributed by atoms with Crippen LogP contribution in [0.3, 0.4) is 0 Å². The number of amides is 1. The summed E-state index contributed by atoms with van der Waals surface area (Å²) in [6.45, 7) is 4.42. The van der Waals surface area contributed by atoms with Crippen LogP contribution >= 0.6 is 22.6 Å². The number of hydrogen-bond donors (Lipinski definition) is 3. The fraction of sp³-hybridized carbons (Fsp3) is 0.400. The number of carbonyl (C=O) groups is 3. The number of hydrogen-bond acceptors (Lipinski definition) is 5. The Morgan fingerprint density at radius 1 is 1.04 bits per heavy atom. The summed E-state index contributed by atoms with van der Waals surface area (Å²) in [5, 5.41) is 20.3. The second-order valence-electron chi connectivity index (χ2n) is 5.31. The Morgan fingerprint density at radius 2 is 1.52 bits per heavy atom. The molecule has 0 aliphatic carbocycles. The number of aryl methyl sites for hydroxylation is 2. The molecular weight excluding hydrogens is 530 g/mol. The van der Waals surface area contributed by atoms with Gasteiger partial charge in [0.05, 0.1) is 19.6 Å². The molecule has 0 bridgehead atoms. The number of aliphatic carboxylic acids is 2. The summed E-state index contributed by atoms with van der Waals surface area (Å²) in [5.41, 5.74) is 3.61. The molecule has 0 saturated heterocycles. The summed E-state index contributed by atoms with van der Waals surface area (Å²) in [6, 6.07) is 1.96. The van der Waals surface area contributed by atoms with E-state index in [-0.39, 0.29) is 6.54 Å². The molecule has 0 fully saturated rings. The van der Waals surface area contributed by atoms with Crippen LogP contribution in [-0.2, 0) is 36.7 Å². The monoisotopic (exact) mass is 549 g/mol. The molecule has 1 amide bonds. The van der Waals surface area contributed by atoms with Crippen molar-refractivity contribution >= 4 is 46.1 Å². The van der Waals surface area contributed by atoms with Gasteiger partial charge in [0.15, 0.2) is 0 Å². The van der Waals surface area contributed by atoms with Crippen molar-refractivity contribution in [3.8, 4) is 0 Å². The number of nitrogens with zero attached hydrogens (tertiary/aromatic N) is 1. The second-order valence-corrected chi connectivity index (χ2v) is 6.38. The van der Waals surface area contributed by atoms with Gasteiger partial charge in [-0.2, -0.15) is 0 Å². The van der Waals surface area contributed by atoms with Crippen LogP contribution in [0.5, 0.6) is 0 Å². The van der Waals surface area contributed by atoms with Gasteiger partial charge >= 0.3 is 34.3 Å². The Kier molecular flexibility index (Phi) is 10.8. The second kappa shape index (κ2) is 11.4. The van der Waals surface area contributed by atoms with E-state index in [9.17, 15) is 14.4 Å². The zero-order valence-corrected chi connectivity index (χ0v) is 17.9. The van der Waals surface area contributed by atoms with E-state index in [4.69, 9.17) is 13.7 Å². The maximum absolute atomic E-state index is 12.1. The molecule has 0 aromatic heterocycles. The fourth-order valence-corrected chi connectivity index (χ4v) is 2.71. The van der Waals surface area contributed by atoms with Crippen molar-refractivity contribution in [2.24, 2.45) is 0 Å². The first-order chi connectivity index (χ1) is 11.6. The quantitative estimate of drug-likeness (QED) is 0.441. The predicted molar refractivity (Wildman–Crippen MR) is 94.4 cm³/mol. The van der Waals surface area contributed by atoms with Crippen molar-refractivity contribution in [3.63, 3.8) is 0 Å². The van der Waals surface area contributed by atoms with Gasteiger partial charge < -0.3 is 15.5 Å². The van der Waals surface area contributed by atoms with Gasteiger partial charge in [0.1, 0.15) is 0 Å². The predicted octanol–water partition coefficient (Wildman–Crippen LogP) is 1.50. The first-order valence-corrected chi connectivity index (χ1v) is 8.83. The van der Waals surface area contributed by atoms with Crippen LogP contribution in [0.2, 0.25) is 0 Å². The number of carboxylic acid groups (broad SMARTS) is 2. The van der Waals surface area contributed by atoms with E-state index in [0.29, 0.717) is 5.69 Å². The SMILES string of the molecule is Cc1cc(C)c(NC(=O)CN(CC(=O)O)CC(=O)O)c(C)c1I.[O]=[99Tc]. The fourth-order valence-electron chi connectivity index (χ4n) is 2.29. The minimum atomic E-state index is -1.18. The molecule has 1 aromatic rings. The molecule has 0 atom stereocenters. The molecule has 0 radical (unpaired) electrons. The van der Waals surface area contributed by atoms with Gasteiger partial charge in [-0.15, -0.1) is 0 Å². The van der Waals surface area contributed by atoms with Gasteiger partial charge in [-0.1, -0.05) is 6.07 Å². The summed E-state index contributed by atoms with van der Waals surface area (Å²) >= 11 is 3.10. The Balaban J connectivity index is 0.00000277. The number of benzene rings is 1. The molecule has 0 heterocycles. The van der Waals surface area contributed by atoms with Crippen LogP contribution in [0.15, 0.2) is 6.07 Å². The van der Waals surface area contributed by atoms with E-state index in [0.717, 1.165) is 44.0 Å². The third kappa shape index (κ3) is 8.12. The third-order valence-electron chi connectivity index (χ3n) is 3.23. The van der Waals surface area contributed by atoms with E-state index < -0.39 is 30.9 Å². The molecule has 0 aliphatic heterocycles. The van der Waals surface area contributed by atoms with E-state index in [1.807, 2.05) is 26.8 Å². The summed E-state index contributed by atoms with van der Waals surface area (Å²) in [5.74, 6) is -2.81. The van der Waals surface area contributed by atoms with Crippen molar-refractivity contribution in [2.75, 3.05) is 25.0 Å². The normalized spacial score (nSPS) is 9.96. The molecule has 1 rings (SSSR count). The number of halogens is 1. The van der Waals surface area contributed by atoms with E-state index >= 15 is 0 Å². The van der Waals surface area contributed by atoms with E-state index in [1.165, 1.54) is 0 Å². The van der Waals surface area contributed by atoms with Gasteiger partial charge in [-0.05, 0) is 60.1 Å². The van der Waals surface area contributed by atoms with Gasteiger partial charge in [-0.25, -0.2) is 0 Å². The minimum absolute atomic E-state index is 0.304. The molecule has 0 aliphatic rings. The Morgan fingerprint density at radius 3 is 1.96 bits per heavy atom. The van der Waals surface area contributed by atoms with Crippen LogP contribution in [0.1, 0.15) is 16.7 Å². The van der Waals surface area contributed by atoms with Crippen LogP contribution < -0.4 is 5.32 Å². The van der Waals surface area contributed by atoms with Crippen molar-refractivity contribution in [3.05, 3.63) is 26.3 Å². The molecule has 139 valence electrons. The van der Waals surface area contributed by atoms with Crippen LogP contribution in [0.4, 0.5) is 5.69 Å². The van der Waals surface area contributed by atoms with Gasteiger partial charge in [0.25, 0.3) is 0 Å². The molecule has 0 spiro atoms. The number of carbonyl (C=O) groups excluding carboxylic acids is 1. The number of nitrogens with one attached hydrogen (secondary N) is 1. The average molecular weight is 549 g/mol.